The van der Waals surface area contributed by atoms with Crippen LogP contribution in [0.4, 0.5) is 11.4 Å². The van der Waals surface area contributed by atoms with E-state index in [4.69, 9.17) is 0 Å². The van der Waals surface area contributed by atoms with Crippen LogP contribution in [0.3, 0.4) is 0 Å². The van der Waals surface area contributed by atoms with E-state index in [0.717, 1.165) is 0 Å². The molecule has 1 aliphatic rings. The molecule has 2 amide bonds. The number of hydrogen-bond acceptors (Lipinski definition) is 3. The Bertz CT molecular complexity index is 726. The third-order valence-corrected chi connectivity index (χ3v) is 3.44. The minimum Gasteiger partial charge on any atom is -0.325 e. The van der Waals surface area contributed by atoms with E-state index in [-0.39, 0.29) is 11.8 Å². The molecular formula is C17H15N3O2. The lowest BCUT2D eigenvalue weighted by molar-refractivity contribution is -0.127. The van der Waals surface area contributed by atoms with Gasteiger partial charge in [0.1, 0.15) is 0 Å². The van der Waals surface area contributed by atoms with Gasteiger partial charge in [-0.2, -0.15) is 10.1 Å². The molecule has 0 unspecified atom stereocenters. The van der Waals surface area contributed by atoms with E-state index in [1.807, 2.05) is 36.4 Å². The minimum absolute atomic E-state index is 0.336. The van der Waals surface area contributed by atoms with Gasteiger partial charge in [-0.05, 0) is 31.2 Å². The maximum absolute atomic E-state index is 12.5. The van der Waals surface area contributed by atoms with Gasteiger partial charge >= 0.3 is 0 Å². The van der Waals surface area contributed by atoms with E-state index >= 15 is 0 Å². The lowest BCUT2D eigenvalue weighted by Gasteiger charge is -2.14. The first kappa shape index (κ1) is 14.0. The molecule has 0 aromatic heterocycles. The number of rotatable bonds is 3. The van der Waals surface area contributed by atoms with Crippen LogP contribution in [-0.2, 0) is 9.59 Å². The Balaban J connectivity index is 1.80. The first-order valence-corrected chi connectivity index (χ1v) is 6.97. The number of hydrazone groups is 1. The molecule has 0 saturated carbocycles. The number of para-hydroxylation sites is 2. The first-order valence-electron chi connectivity index (χ1n) is 6.97. The molecule has 3 rings (SSSR count). The van der Waals surface area contributed by atoms with E-state index in [1.54, 1.807) is 31.2 Å². The molecule has 0 bridgehead atoms. The van der Waals surface area contributed by atoms with Crippen LogP contribution >= 0.6 is 0 Å². The molecule has 1 N–H and O–H groups in total. The van der Waals surface area contributed by atoms with E-state index in [2.05, 4.69) is 10.4 Å². The van der Waals surface area contributed by atoms with Gasteiger partial charge in [0.25, 0.3) is 5.91 Å². The standard InChI is InChI=1S/C17H15N3O2/c1-12-15(16(21)18-13-8-4-2-5-9-13)17(22)20(19-12)14-10-6-3-7-11-14/h2-11,15H,1H3,(H,18,21)/t15-/m0/s1. The average molecular weight is 293 g/mol. The van der Waals surface area contributed by atoms with E-state index in [1.165, 1.54) is 5.01 Å². The Morgan fingerprint density at radius 1 is 1.05 bits per heavy atom. The highest BCUT2D eigenvalue weighted by molar-refractivity contribution is 6.28. The summed E-state index contributed by atoms with van der Waals surface area (Å²) >= 11 is 0. The van der Waals surface area contributed by atoms with Gasteiger partial charge in [0.15, 0.2) is 5.92 Å². The van der Waals surface area contributed by atoms with Crippen LogP contribution < -0.4 is 10.3 Å². The number of anilines is 2. The van der Waals surface area contributed by atoms with Gasteiger partial charge in [-0.3, -0.25) is 9.59 Å². The van der Waals surface area contributed by atoms with Crippen molar-refractivity contribution < 1.29 is 9.59 Å². The van der Waals surface area contributed by atoms with Crippen LogP contribution in [0.5, 0.6) is 0 Å². The van der Waals surface area contributed by atoms with Crippen molar-refractivity contribution in [3.8, 4) is 0 Å². The summed E-state index contributed by atoms with van der Waals surface area (Å²) in [6.45, 7) is 1.69. The van der Waals surface area contributed by atoms with Gasteiger partial charge < -0.3 is 5.32 Å². The molecule has 110 valence electrons. The van der Waals surface area contributed by atoms with Gasteiger partial charge in [0.05, 0.1) is 11.4 Å². The van der Waals surface area contributed by atoms with Crippen molar-refractivity contribution in [2.24, 2.45) is 11.0 Å². The Morgan fingerprint density at radius 3 is 2.27 bits per heavy atom. The summed E-state index contributed by atoms with van der Waals surface area (Å²) in [6, 6.07) is 18.1. The lowest BCUT2D eigenvalue weighted by atomic mass is 10.0. The fourth-order valence-corrected chi connectivity index (χ4v) is 2.36. The predicted octanol–water partition coefficient (Wildman–Crippen LogP) is 2.66. The minimum atomic E-state index is -0.889. The second-order valence-corrected chi connectivity index (χ2v) is 5.02. The number of nitrogens with one attached hydrogen (secondary N) is 1. The van der Waals surface area contributed by atoms with Crippen LogP contribution in [0.2, 0.25) is 0 Å². The largest absolute Gasteiger partial charge is 0.325 e. The molecule has 5 nitrogen and oxygen atoms in total. The summed E-state index contributed by atoms with van der Waals surface area (Å²) in [5.41, 5.74) is 1.80. The van der Waals surface area contributed by atoms with Crippen molar-refractivity contribution in [1.29, 1.82) is 0 Å². The molecule has 1 heterocycles. The summed E-state index contributed by atoms with van der Waals surface area (Å²) in [6.07, 6.45) is 0. The zero-order chi connectivity index (χ0) is 15.5. The SMILES string of the molecule is CC1=NN(c2ccccc2)C(=O)[C@@H]1C(=O)Nc1ccccc1. The predicted molar refractivity (Wildman–Crippen MR) is 85.6 cm³/mol. The number of carbonyl (C=O) groups excluding carboxylic acids is 2. The van der Waals surface area contributed by atoms with Crippen LogP contribution in [0, 0.1) is 5.92 Å². The number of nitrogens with zero attached hydrogens (tertiary/aromatic N) is 2. The second-order valence-electron chi connectivity index (χ2n) is 5.02. The zero-order valence-corrected chi connectivity index (χ0v) is 12.1. The molecule has 0 radical (unpaired) electrons. The van der Waals surface area contributed by atoms with E-state index in [9.17, 15) is 9.59 Å². The number of carbonyl (C=O) groups is 2. The summed E-state index contributed by atoms with van der Waals surface area (Å²) < 4.78 is 0. The summed E-state index contributed by atoms with van der Waals surface area (Å²) in [7, 11) is 0. The molecule has 22 heavy (non-hydrogen) atoms. The van der Waals surface area contributed by atoms with Crippen molar-refractivity contribution in [1.82, 2.24) is 0 Å². The summed E-state index contributed by atoms with van der Waals surface area (Å²) in [5.74, 6) is -1.59. The molecule has 1 atom stereocenters. The third kappa shape index (κ3) is 2.61. The molecule has 2 aromatic carbocycles. The van der Waals surface area contributed by atoms with Gasteiger partial charge in [-0.15, -0.1) is 0 Å². The summed E-state index contributed by atoms with van der Waals surface area (Å²) in [5, 5.41) is 8.26. The quantitative estimate of drug-likeness (QED) is 0.884. The maximum atomic E-state index is 12.5. The van der Waals surface area contributed by atoms with Gasteiger partial charge in [-0.25, -0.2) is 0 Å². The molecule has 0 fully saturated rings. The maximum Gasteiger partial charge on any atom is 0.265 e. The fraction of sp³-hybridized carbons (Fsp3) is 0.118. The number of benzene rings is 2. The Morgan fingerprint density at radius 2 is 1.64 bits per heavy atom. The van der Waals surface area contributed by atoms with Gasteiger partial charge in [-0.1, -0.05) is 36.4 Å². The number of hydrogen-bond donors (Lipinski definition) is 1. The van der Waals surface area contributed by atoms with E-state index in [0.29, 0.717) is 17.1 Å². The van der Waals surface area contributed by atoms with Crippen molar-refractivity contribution in [3.63, 3.8) is 0 Å². The van der Waals surface area contributed by atoms with Crippen LogP contribution in [-0.4, -0.2) is 17.5 Å². The van der Waals surface area contributed by atoms with Gasteiger partial charge in [0, 0.05) is 5.69 Å². The van der Waals surface area contributed by atoms with Gasteiger partial charge in [0.2, 0.25) is 5.91 Å². The molecule has 0 spiro atoms. The normalized spacial score (nSPS) is 17.3. The average Bonchev–Trinajstić information content (AvgIpc) is 2.84. The Labute approximate surface area is 128 Å². The van der Waals surface area contributed by atoms with Crippen molar-refractivity contribution >= 4 is 28.9 Å². The highest BCUT2D eigenvalue weighted by Crippen LogP contribution is 2.24. The molecule has 1 aliphatic heterocycles. The molecule has 0 saturated heterocycles. The van der Waals surface area contributed by atoms with Crippen LogP contribution in [0.25, 0.3) is 0 Å². The van der Waals surface area contributed by atoms with Crippen molar-refractivity contribution in [2.75, 3.05) is 10.3 Å². The highest BCUT2D eigenvalue weighted by Gasteiger charge is 2.39. The van der Waals surface area contributed by atoms with Crippen LogP contribution in [0.1, 0.15) is 6.92 Å². The molecule has 5 heteroatoms. The summed E-state index contributed by atoms with van der Waals surface area (Å²) in [4.78, 5) is 24.9. The zero-order valence-electron chi connectivity index (χ0n) is 12.1. The fourth-order valence-electron chi connectivity index (χ4n) is 2.36. The van der Waals surface area contributed by atoms with E-state index < -0.39 is 5.92 Å². The first-order chi connectivity index (χ1) is 10.7. The smallest absolute Gasteiger partial charge is 0.265 e. The second kappa shape index (κ2) is 5.81. The Hall–Kier alpha value is -2.95. The number of amides is 2. The van der Waals surface area contributed by atoms with Crippen molar-refractivity contribution in [2.45, 2.75) is 6.92 Å². The lowest BCUT2D eigenvalue weighted by Crippen LogP contribution is -2.36. The third-order valence-electron chi connectivity index (χ3n) is 3.44. The molecule has 2 aromatic rings. The molecular weight excluding hydrogens is 278 g/mol. The molecule has 0 aliphatic carbocycles. The Kier molecular flexibility index (Phi) is 3.70. The van der Waals surface area contributed by atoms with Crippen LogP contribution in [0.15, 0.2) is 65.8 Å². The topological polar surface area (TPSA) is 61.8 Å². The highest BCUT2D eigenvalue weighted by atomic mass is 16.2. The van der Waals surface area contributed by atoms with Crippen molar-refractivity contribution in [3.05, 3.63) is 60.7 Å². The monoisotopic (exact) mass is 293 g/mol.